The van der Waals surface area contributed by atoms with Crippen LogP contribution in [0.3, 0.4) is 0 Å². The predicted octanol–water partition coefficient (Wildman–Crippen LogP) is 3.37. The van der Waals surface area contributed by atoms with Gasteiger partial charge in [-0.3, -0.25) is 0 Å². The number of benzene rings is 1. The first kappa shape index (κ1) is 22.3. The normalized spacial score (nSPS) is 20.2. The van der Waals surface area contributed by atoms with Gasteiger partial charge in [0.25, 0.3) is 0 Å². The van der Waals surface area contributed by atoms with Gasteiger partial charge in [-0.15, -0.1) is 0 Å². The van der Waals surface area contributed by atoms with E-state index in [0.29, 0.717) is 23.8 Å². The van der Waals surface area contributed by atoms with E-state index in [2.05, 4.69) is 33.7 Å². The summed E-state index contributed by atoms with van der Waals surface area (Å²) in [5.74, 6) is 1.29. The molecule has 0 bridgehead atoms. The average Bonchev–Trinajstić information content (AvgIpc) is 3.35. The number of nitriles is 1. The Morgan fingerprint density at radius 3 is 2.82 bits per heavy atom. The molecule has 4 heterocycles. The molecule has 1 aromatic carbocycles. The summed E-state index contributed by atoms with van der Waals surface area (Å²) in [5, 5.41) is 30.9. The van der Waals surface area contributed by atoms with Crippen molar-refractivity contribution in [1.29, 1.82) is 5.26 Å². The summed E-state index contributed by atoms with van der Waals surface area (Å²) < 4.78 is 7.33. The molecule has 9 heteroatoms. The van der Waals surface area contributed by atoms with E-state index in [1.54, 1.807) is 6.20 Å². The Bertz CT molecular complexity index is 1270. The highest BCUT2D eigenvalue weighted by Crippen LogP contribution is 2.41. The van der Waals surface area contributed by atoms with Crippen molar-refractivity contribution in [3.8, 4) is 17.3 Å². The van der Waals surface area contributed by atoms with Crippen molar-refractivity contribution in [2.45, 2.75) is 39.2 Å². The molecule has 1 fully saturated rings. The van der Waals surface area contributed by atoms with Crippen LogP contribution in [0.15, 0.2) is 30.5 Å². The standard InChI is InChI=1S/C25H29N7O2/c1-16-8-21(32(31-16)7-5-24(2)14-34-15-24)30-23-27-6-4-20(29-23)17-9-18(11-26)22-19(10-17)25(3,13-33)12-28-22/h4,6,8-10,28,33H,5,7,12-15H2,1-3H3,(H,27,29,30)/t25-/m1/s1. The monoisotopic (exact) mass is 459 g/mol. The minimum Gasteiger partial charge on any atom is -0.395 e. The lowest BCUT2D eigenvalue weighted by Gasteiger charge is -2.38. The van der Waals surface area contributed by atoms with Crippen molar-refractivity contribution < 1.29 is 9.84 Å². The number of aromatic nitrogens is 4. The first-order valence-corrected chi connectivity index (χ1v) is 11.5. The van der Waals surface area contributed by atoms with Gasteiger partial charge in [0.2, 0.25) is 5.95 Å². The summed E-state index contributed by atoms with van der Waals surface area (Å²) in [6, 6.07) is 9.92. The number of nitrogens with one attached hydrogen (secondary N) is 2. The molecule has 0 saturated carbocycles. The van der Waals surface area contributed by atoms with Gasteiger partial charge in [0, 0.05) is 41.7 Å². The Hall–Kier alpha value is -3.48. The third-order valence-corrected chi connectivity index (χ3v) is 6.83. The lowest BCUT2D eigenvalue weighted by molar-refractivity contribution is -0.107. The van der Waals surface area contributed by atoms with Crippen molar-refractivity contribution in [3.63, 3.8) is 0 Å². The molecular weight excluding hydrogens is 430 g/mol. The highest BCUT2D eigenvalue weighted by molar-refractivity contribution is 5.76. The van der Waals surface area contributed by atoms with Gasteiger partial charge in [-0.05, 0) is 37.1 Å². The third kappa shape index (κ3) is 4.00. The topological polar surface area (TPSA) is 121 Å². The summed E-state index contributed by atoms with van der Waals surface area (Å²) in [6.07, 6.45) is 2.68. The van der Waals surface area contributed by atoms with E-state index in [-0.39, 0.29) is 12.0 Å². The molecule has 34 heavy (non-hydrogen) atoms. The summed E-state index contributed by atoms with van der Waals surface area (Å²) in [5.41, 5.74) is 4.45. The van der Waals surface area contributed by atoms with Crippen LogP contribution >= 0.6 is 0 Å². The van der Waals surface area contributed by atoms with Crippen molar-refractivity contribution in [2.75, 3.05) is 37.0 Å². The van der Waals surface area contributed by atoms with Gasteiger partial charge in [0.1, 0.15) is 11.9 Å². The molecule has 0 spiro atoms. The van der Waals surface area contributed by atoms with Crippen LogP contribution in [0.5, 0.6) is 0 Å². The first-order valence-electron chi connectivity index (χ1n) is 11.5. The van der Waals surface area contributed by atoms with Gasteiger partial charge in [-0.25, -0.2) is 14.6 Å². The van der Waals surface area contributed by atoms with E-state index in [0.717, 1.165) is 54.5 Å². The lowest BCUT2D eigenvalue weighted by Crippen LogP contribution is -2.40. The van der Waals surface area contributed by atoms with Crippen molar-refractivity contribution >= 4 is 17.5 Å². The van der Waals surface area contributed by atoms with Gasteiger partial charge in [0.05, 0.1) is 42.5 Å². The summed E-state index contributed by atoms with van der Waals surface area (Å²) >= 11 is 0. The number of aliphatic hydroxyl groups is 1. The van der Waals surface area contributed by atoms with E-state index in [9.17, 15) is 10.4 Å². The van der Waals surface area contributed by atoms with Gasteiger partial charge in [-0.2, -0.15) is 10.4 Å². The molecule has 9 nitrogen and oxygen atoms in total. The lowest BCUT2D eigenvalue weighted by atomic mass is 9.83. The molecule has 0 radical (unpaired) electrons. The Kier molecular flexibility index (Phi) is 5.50. The van der Waals surface area contributed by atoms with Crippen LogP contribution in [0.4, 0.5) is 17.5 Å². The van der Waals surface area contributed by atoms with Gasteiger partial charge < -0.3 is 20.5 Å². The van der Waals surface area contributed by atoms with Crippen LogP contribution in [0, 0.1) is 23.7 Å². The molecule has 0 amide bonds. The Balaban J connectivity index is 1.43. The van der Waals surface area contributed by atoms with Crippen LogP contribution in [0.25, 0.3) is 11.3 Å². The maximum absolute atomic E-state index is 9.97. The van der Waals surface area contributed by atoms with E-state index in [1.165, 1.54) is 0 Å². The fourth-order valence-electron chi connectivity index (χ4n) is 4.55. The maximum Gasteiger partial charge on any atom is 0.228 e. The number of nitrogens with zero attached hydrogens (tertiary/aromatic N) is 5. The smallest absolute Gasteiger partial charge is 0.228 e. The van der Waals surface area contributed by atoms with Crippen LogP contribution in [-0.2, 0) is 16.7 Å². The second-order valence-electron chi connectivity index (χ2n) is 9.97. The fraction of sp³-hybridized carbons (Fsp3) is 0.440. The molecule has 176 valence electrons. The highest BCUT2D eigenvalue weighted by atomic mass is 16.5. The fourth-order valence-corrected chi connectivity index (χ4v) is 4.55. The van der Waals surface area contributed by atoms with Crippen LogP contribution in [-0.4, -0.2) is 51.2 Å². The number of hydrogen-bond donors (Lipinski definition) is 3. The molecule has 3 N–H and O–H groups in total. The second-order valence-corrected chi connectivity index (χ2v) is 9.97. The predicted molar refractivity (Wildman–Crippen MR) is 129 cm³/mol. The zero-order valence-corrected chi connectivity index (χ0v) is 19.7. The maximum atomic E-state index is 9.97. The summed E-state index contributed by atoms with van der Waals surface area (Å²) in [6.45, 7) is 9.12. The number of hydrogen-bond acceptors (Lipinski definition) is 8. The minimum absolute atomic E-state index is 0.00753. The number of ether oxygens (including phenoxy) is 1. The van der Waals surface area contributed by atoms with E-state index >= 15 is 0 Å². The molecule has 3 aromatic rings. The molecular formula is C25H29N7O2. The van der Waals surface area contributed by atoms with Crippen LogP contribution in [0.2, 0.25) is 0 Å². The zero-order valence-electron chi connectivity index (χ0n) is 19.7. The number of aliphatic hydroxyl groups excluding tert-OH is 1. The number of fused-ring (bicyclic) bond motifs is 1. The van der Waals surface area contributed by atoms with Crippen molar-refractivity contribution in [3.05, 3.63) is 47.3 Å². The second kappa shape index (κ2) is 8.38. The Morgan fingerprint density at radius 1 is 1.29 bits per heavy atom. The largest absolute Gasteiger partial charge is 0.395 e. The number of aryl methyl sites for hydroxylation is 2. The van der Waals surface area contributed by atoms with Crippen molar-refractivity contribution in [1.82, 2.24) is 19.7 Å². The minimum atomic E-state index is -0.447. The molecule has 2 aliphatic rings. The molecule has 2 aliphatic heterocycles. The van der Waals surface area contributed by atoms with Gasteiger partial charge in [0.15, 0.2) is 0 Å². The van der Waals surface area contributed by atoms with Crippen LogP contribution in [0.1, 0.15) is 37.1 Å². The SMILES string of the molecule is Cc1cc(Nc2nccc(-c3cc(C#N)c4c(c3)[C@@](C)(CO)CN4)n2)n(CCC2(C)COC2)n1. The molecule has 1 saturated heterocycles. The molecule has 0 aliphatic carbocycles. The van der Waals surface area contributed by atoms with E-state index in [1.807, 2.05) is 42.8 Å². The zero-order chi connectivity index (χ0) is 23.9. The van der Waals surface area contributed by atoms with Crippen molar-refractivity contribution in [2.24, 2.45) is 5.41 Å². The number of anilines is 3. The van der Waals surface area contributed by atoms with Gasteiger partial charge in [-0.1, -0.05) is 13.8 Å². The Morgan fingerprint density at radius 2 is 2.12 bits per heavy atom. The first-order chi connectivity index (χ1) is 16.3. The quantitative estimate of drug-likeness (QED) is 0.492. The molecule has 2 aromatic heterocycles. The van der Waals surface area contributed by atoms with Crippen LogP contribution < -0.4 is 10.6 Å². The third-order valence-electron chi connectivity index (χ3n) is 6.83. The average molecular weight is 460 g/mol. The highest BCUT2D eigenvalue weighted by Gasteiger charge is 2.36. The summed E-state index contributed by atoms with van der Waals surface area (Å²) in [7, 11) is 0. The van der Waals surface area contributed by atoms with Gasteiger partial charge >= 0.3 is 0 Å². The van der Waals surface area contributed by atoms with E-state index in [4.69, 9.17) is 9.72 Å². The number of rotatable bonds is 7. The molecule has 5 rings (SSSR count). The Labute approximate surface area is 198 Å². The summed E-state index contributed by atoms with van der Waals surface area (Å²) in [4.78, 5) is 9.13. The molecule has 0 unspecified atom stereocenters. The van der Waals surface area contributed by atoms with E-state index < -0.39 is 5.41 Å². The molecule has 1 atom stereocenters.